The zero-order chi connectivity index (χ0) is 24.1. The molecule has 0 amide bonds. The molecule has 2 aromatic heterocycles. The first-order chi connectivity index (χ1) is 16.2. The Kier molecular flexibility index (Phi) is 5.93. The van der Waals surface area contributed by atoms with E-state index in [0.29, 0.717) is 17.5 Å². The Morgan fingerprint density at radius 3 is 2.94 bits per heavy atom. The fourth-order valence-corrected chi connectivity index (χ4v) is 5.63. The van der Waals surface area contributed by atoms with E-state index in [4.69, 9.17) is 24.0 Å². The highest BCUT2D eigenvalue weighted by Gasteiger charge is 2.54. The summed E-state index contributed by atoms with van der Waals surface area (Å²) >= 11 is 0. The van der Waals surface area contributed by atoms with Crippen LogP contribution in [0.5, 0.6) is 0 Å². The normalized spacial score (nSPS) is 34.0. The number of ether oxygens (including phenoxy) is 1. The summed E-state index contributed by atoms with van der Waals surface area (Å²) in [6, 6.07) is 7.69. The maximum atomic E-state index is 14.2. The molecule has 11 nitrogen and oxygen atoms in total. The summed E-state index contributed by atoms with van der Waals surface area (Å²) in [4.78, 5) is 8.12. The van der Waals surface area contributed by atoms with Gasteiger partial charge in [-0.25, -0.2) is 18.9 Å². The van der Waals surface area contributed by atoms with Crippen LogP contribution in [-0.4, -0.2) is 55.8 Å². The maximum Gasteiger partial charge on any atom is 0.475 e. The molecular weight excluding hydrogens is 470 g/mol. The molecule has 182 valence electrons. The Hall–Kier alpha value is -2.44. The zero-order valence-corrected chi connectivity index (χ0v) is 19.0. The molecule has 34 heavy (non-hydrogen) atoms. The highest BCUT2D eigenvalue weighted by molar-refractivity contribution is 7.48. The minimum absolute atomic E-state index is 0.0289. The van der Waals surface area contributed by atoms with Crippen molar-refractivity contribution in [2.75, 3.05) is 18.9 Å². The average Bonchev–Trinajstić information content (AvgIpc) is 3.32. The summed E-state index contributed by atoms with van der Waals surface area (Å²) < 4.78 is 50.8. The third-order valence-corrected chi connectivity index (χ3v) is 7.56. The minimum atomic E-state index is -4.08. The fraction of sp³-hybridized carbons (Fsp3) is 0.429. The van der Waals surface area contributed by atoms with Crippen molar-refractivity contribution in [1.29, 1.82) is 0 Å². The summed E-state index contributed by atoms with van der Waals surface area (Å²) in [6.45, 7) is 1.02. The number of aromatic nitrogens is 3. The first-order valence-electron chi connectivity index (χ1n) is 10.6. The van der Waals surface area contributed by atoms with Gasteiger partial charge in [0.15, 0.2) is 6.23 Å². The zero-order valence-electron chi connectivity index (χ0n) is 18.2. The highest BCUT2D eigenvalue weighted by Crippen LogP contribution is 2.57. The van der Waals surface area contributed by atoms with Crippen LogP contribution in [0.3, 0.4) is 0 Å². The van der Waals surface area contributed by atoms with Crippen molar-refractivity contribution in [2.45, 2.75) is 43.5 Å². The molecule has 3 aromatic rings. The number of aliphatic hydroxyl groups excluding tert-OH is 1. The molecule has 0 bridgehead atoms. The number of anilines is 1. The number of hydrogen-bond acceptors (Lipinski definition) is 10. The highest BCUT2D eigenvalue weighted by atomic mass is 31.2. The van der Waals surface area contributed by atoms with E-state index in [9.17, 15) is 19.2 Å². The van der Waals surface area contributed by atoms with E-state index in [1.54, 1.807) is 30.5 Å². The lowest BCUT2D eigenvalue weighted by Gasteiger charge is -2.30. The molecule has 4 N–H and O–H groups in total. The second kappa shape index (κ2) is 8.65. The van der Waals surface area contributed by atoms with Gasteiger partial charge in [0.25, 0.3) is 0 Å². The molecule has 13 heteroatoms. The Labute approximate surface area is 193 Å². The van der Waals surface area contributed by atoms with Crippen LogP contribution < -0.4 is 5.73 Å². The van der Waals surface area contributed by atoms with Crippen LogP contribution in [0.2, 0.25) is 0 Å². The third kappa shape index (κ3) is 4.01. The van der Waals surface area contributed by atoms with E-state index in [0.717, 1.165) is 0 Å². The van der Waals surface area contributed by atoms with Crippen molar-refractivity contribution in [1.82, 2.24) is 14.5 Å². The van der Waals surface area contributed by atoms with E-state index >= 15 is 0 Å². The Balaban J connectivity index is 1.31. The van der Waals surface area contributed by atoms with Gasteiger partial charge in [-0.3, -0.25) is 13.6 Å². The number of fused-ring (bicyclic) bond motifs is 1. The van der Waals surface area contributed by atoms with Gasteiger partial charge < -0.3 is 25.3 Å². The van der Waals surface area contributed by atoms with Crippen LogP contribution in [0.25, 0.3) is 11.0 Å². The SMILES string of the molecule is C[C@@]1(O)[C@H](O)[C@@H](COP2(=O)OCC[C@H](c3ccccc3F)O2)O[C@H]1n1ccc2c(N)ncnc21. The van der Waals surface area contributed by atoms with Gasteiger partial charge in [-0.2, -0.15) is 0 Å². The summed E-state index contributed by atoms with van der Waals surface area (Å²) in [7, 11) is -4.08. The molecule has 6 atom stereocenters. The number of rotatable bonds is 5. The number of phosphoric ester groups is 1. The van der Waals surface area contributed by atoms with Crippen LogP contribution >= 0.6 is 7.82 Å². The molecule has 2 aliphatic heterocycles. The molecule has 2 saturated heterocycles. The minimum Gasteiger partial charge on any atom is -0.387 e. The van der Waals surface area contributed by atoms with Gasteiger partial charge in [0, 0.05) is 18.2 Å². The first kappa shape index (κ1) is 23.3. The largest absolute Gasteiger partial charge is 0.475 e. The number of halogens is 1. The van der Waals surface area contributed by atoms with Gasteiger partial charge in [0.05, 0.1) is 24.7 Å². The summed E-state index contributed by atoms with van der Waals surface area (Å²) in [5.74, 6) is -0.228. The molecule has 5 rings (SSSR count). The summed E-state index contributed by atoms with van der Waals surface area (Å²) in [5.41, 5.74) is 4.78. The number of phosphoric acid groups is 1. The van der Waals surface area contributed by atoms with E-state index < -0.39 is 50.4 Å². The first-order valence-corrected chi connectivity index (χ1v) is 12.1. The van der Waals surface area contributed by atoms with Crippen LogP contribution in [0.1, 0.15) is 31.2 Å². The number of nitrogen functional groups attached to an aromatic ring is 1. The lowest BCUT2D eigenvalue weighted by Crippen LogP contribution is -2.44. The van der Waals surface area contributed by atoms with Gasteiger partial charge in [0.1, 0.15) is 41.4 Å². The Morgan fingerprint density at radius 1 is 1.35 bits per heavy atom. The van der Waals surface area contributed by atoms with Gasteiger partial charge in [-0.1, -0.05) is 18.2 Å². The van der Waals surface area contributed by atoms with E-state index in [2.05, 4.69) is 9.97 Å². The van der Waals surface area contributed by atoms with Crippen LogP contribution in [0.4, 0.5) is 10.2 Å². The average molecular weight is 494 g/mol. The lowest BCUT2D eigenvalue weighted by molar-refractivity contribution is -0.0951. The van der Waals surface area contributed by atoms with Crippen molar-refractivity contribution >= 4 is 24.7 Å². The second-order valence-corrected chi connectivity index (χ2v) is 10.0. The lowest BCUT2D eigenvalue weighted by atomic mass is 9.96. The van der Waals surface area contributed by atoms with Crippen molar-refractivity contribution in [3.63, 3.8) is 0 Å². The van der Waals surface area contributed by atoms with Crippen molar-refractivity contribution in [3.05, 3.63) is 54.2 Å². The van der Waals surface area contributed by atoms with Crippen LogP contribution in [0, 0.1) is 5.82 Å². The number of benzene rings is 1. The number of aliphatic hydroxyl groups is 2. The Morgan fingerprint density at radius 2 is 2.15 bits per heavy atom. The molecule has 2 aliphatic rings. The van der Waals surface area contributed by atoms with E-state index in [1.807, 2.05) is 0 Å². The molecule has 1 aromatic carbocycles. The third-order valence-electron chi connectivity index (χ3n) is 6.08. The molecule has 2 fully saturated rings. The van der Waals surface area contributed by atoms with Crippen molar-refractivity contribution in [2.24, 2.45) is 0 Å². The van der Waals surface area contributed by atoms with Gasteiger partial charge in [0.2, 0.25) is 0 Å². The molecule has 0 radical (unpaired) electrons. The summed E-state index contributed by atoms with van der Waals surface area (Å²) in [5, 5.41) is 22.3. The summed E-state index contributed by atoms with van der Waals surface area (Å²) in [6.07, 6.45) is -1.18. The van der Waals surface area contributed by atoms with Crippen molar-refractivity contribution in [3.8, 4) is 0 Å². The monoisotopic (exact) mass is 494 g/mol. The predicted octanol–water partition coefficient (Wildman–Crippen LogP) is 2.46. The van der Waals surface area contributed by atoms with Gasteiger partial charge >= 0.3 is 7.82 Å². The number of nitrogens with zero attached hydrogens (tertiary/aromatic N) is 3. The molecule has 1 unspecified atom stereocenters. The standard InChI is InChI=1S/C21H24FN4O7P/c1-21(28)17(27)16(32-20(21)26-8-6-13-18(23)24-11-25-19(13)26)10-31-34(29)30-9-7-15(33-34)12-4-2-3-5-14(12)22/h2-6,8,11,15-17,20,27-28H,7,9-10H2,1H3,(H2,23,24,25)/t15-,16-,17-,20-,21-,34?/m1/s1. The number of hydrogen-bond donors (Lipinski definition) is 3. The van der Waals surface area contributed by atoms with Gasteiger partial charge in [-0.15, -0.1) is 0 Å². The smallest absolute Gasteiger partial charge is 0.387 e. The van der Waals surface area contributed by atoms with E-state index in [1.165, 1.54) is 23.9 Å². The maximum absolute atomic E-state index is 14.2. The fourth-order valence-electron chi connectivity index (χ4n) is 4.25. The van der Waals surface area contributed by atoms with E-state index in [-0.39, 0.29) is 18.0 Å². The quantitative estimate of drug-likeness (QED) is 0.451. The number of nitrogens with two attached hydrogens (primary N) is 1. The van der Waals surface area contributed by atoms with Crippen LogP contribution in [-0.2, 0) is 22.9 Å². The molecule has 0 spiro atoms. The molecule has 0 aliphatic carbocycles. The topological polar surface area (TPSA) is 151 Å². The van der Waals surface area contributed by atoms with Gasteiger partial charge in [-0.05, 0) is 19.1 Å². The van der Waals surface area contributed by atoms with Crippen molar-refractivity contribution < 1.29 is 37.5 Å². The molecule has 0 saturated carbocycles. The predicted molar refractivity (Wildman–Crippen MR) is 117 cm³/mol. The second-order valence-electron chi connectivity index (χ2n) is 8.40. The van der Waals surface area contributed by atoms with Crippen LogP contribution in [0.15, 0.2) is 42.9 Å². The Bertz CT molecular complexity index is 1250. The molecular formula is C21H24FN4O7P. The molecule has 4 heterocycles.